The molecule has 2 rings (SSSR count). The number of rotatable bonds is 6. The number of carbonyl (C=O) groups is 1. The van der Waals surface area contributed by atoms with Gasteiger partial charge in [-0.05, 0) is 24.6 Å². The second kappa shape index (κ2) is 7.75. The Balaban J connectivity index is 2.43. The molecule has 120 valence electrons. The third kappa shape index (κ3) is 3.88. The van der Waals surface area contributed by atoms with Crippen LogP contribution in [-0.2, 0) is 4.79 Å². The average Bonchev–Trinajstić information content (AvgIpc) is 2.54. The maximum absolute atomic E-state index is 12.0. The molecule has 0 saturated heterocycles. The third-order valence-electron chi connectivity index (χ3n) is 3.39. The molecule has 1 aliphatic heterocycles. The van der Waals surface area contributed by atoms with Gasteiger partial charge in [0.25, 0.3) is 0 Å². The van der Waals surface area contributed by atoms with Gasteiger partial charge in [-0.3, -0.25) is 4.79 Å². The average molecular weight is 330 g/mol. The highest BCUT2D eigenvalue weighted by Crippen LogP contribution is 2.38. The highest BCUT2D eigenvalue weighted by Gasteiger charge is 2.29. The maximum atomic E-state index is 12.0. The number of hydrogen-bond acceptors (Lipinski definition) is 5. The number of benzene rings is 1. The molecule has 1 aromatic carbocycles. The molecule has 23 heavy (non-hydrogen) atoms. The Hall–Kier alpha value is -2.39. The number of hydrogen-bond donors (Lipinski definition) is 2. The molecule has 0 unspecified atom stereocenters. The van der Waals surface area contributed by atoms with Gasteiger partial charge in [-0.1, -0.05) is 12.1 Å². The normalized spacial score (nSPS) is 17.4. The van der Waals surface area contributed by atoms with E-state index in [4.69, 9.17) is 4.74 Å². The number of nitrogens with one attached hydrogen (secondary N) is 1. The van der Waals surface area contributed by atoms with Gasteiger partial charge >= 0.3 is 0 Å². The molecule has 6 heteroatoms. The summed E-state index contributed by atoms with van der Waals surface area (Å²) < 4.78 is 5.39. The van der Waals surface area contributed by atoms with E-state index in [9.17, 15) is 15.2 Å². The zero-order chi connectivity index (χ0) is 16.8. The van der Waals surface area contributed by atoms with E-state index >= 15 is 0 Å². The van der Waals surface area contributed by atoms with Gasteiger partial charge in [-0.15, -0.1) is 18.3 Å². The van der Waals surface area contributed by atoms with Crippen molar-refractivity contribution in [2.24, 2.45) is 0 Å². The third-order valence-corrected chi connectivity index (χ3v) is 4.40. The summed E-state index contributed by atoms with van der Waals surface area (Å²) in [5, 5.41) is 22.7. The predicted molar refractivity (Wildman–Crippen MR) is 90.1 cm³/mol. The summed E-state index contributed by atoms with van der Waals surface area (Å²) in [6.07, 6.45) is 1.91. The van der Waals surface area contributed by atoms with Crippen LogP contribution in [0.1, 0.15) is 24.8 Å². The largest absolute Gasteiger partial charge is 0.504 e. The first-order chi connectivity index (χ1) is 11.1. The van der Waals surface area contributed by atoms with Crippen molar-refractivity contribution in [2.45, 2.75) is 19.3 Å². The van der Waals surface area contributed by atoms with Crippen LogP contribution in [0, 0.1) is 11.3 Å². The number of nitriles is 1. The number of thioether (sulfide) groups is 1. The Bertz CT molecular complexity index is 692. The van der Waals surface area contributed by atoms with Crippen molar-refractivity contribution in [2.75, 3.05) is 12.4 Å². The van der Waals surface area contributed by atoms with E-state index in [0.29, 0.717) is 28.7 Å². The standard InChI is InChI=1S/C17H18N2O3S/c1-3-7-23-17-13(10-18)12(9-16(21)19-17)11-5-6-14(20)15(8-11)22-4-2/h3,5-6,8,12,20H,1,4,7,9H2,2H3,(H,19,21)/t12-/m0/s1. The van der Waals surface area contributed by atoms with Crippen molar-refractivity contribution in [1.82, 2.24) is 5.32 Å². The van der Waals surface area contributed by atoms with Gasteiger partial charge in [-0.2, -0.15) is 5.26 Å². The van der Waals surface area contributed by atoms with Gasteiger partial charge in [0, 0.05) is 18.1 Å². The zero-order valence-corrected chi connectivity index (χ0v) is 13.7. The van der Waals surface area contributed by atoms with Gasteiger partial charge in [-0.25, -0.2) is 0 Å². The maximum Gasteiger partial charge on any atom is 0.225 e. The predicted octanol–water partition coefficient (Wildman–Crippen LogP) is 3.05. The van der Waals surface area contributed by atoms with Crippen LogP contribution in [0.4, 0.5) is 0 Å². The monoisotopic (exact) mass is 330 g/mol. The van der Waals surface area contributed by atoms with Gasteiger partial charge in [0.05, 0.1) is 23.3 Å². The number of aromatic hydroxyl groups is 1. The molecule has 0 saturated carbocycles. The molecular formula is C17H18N2O3S. The Kier molecular flexibility index (Phi) is 5.72. The second-order valence-electron chi connectivity index (χ2n) is 4.92. The van der Waals surface area contributed by atoms with Crippen LogP contribution < -0.4 is 10.1 Å². The molecule has 5 nitrogen and oxygen atoms in total. The minimum atomic E-state index is -0.346. The van der Waals surface area contributed by atoms with E-state index in [2.05, 4.69) is 18.0 Å². The molecular weight excluding hydrogens is 312 g/mol. The quantitative estimate of drug-likeness (QED) is 0.783. The minimum Gasteiger partial charge on any atom is -0.504 e. The fourth-order valence-electron chi connectivity index (χ4n) is 2.38. The van der Waals surface area contributed by atoms with Gasteiger partial charge in [0.15, 0.2) is 11.5 Å². The first kappa shape index (κ1) is 17.0. The Morgan fingerprint density at radius 2 is 2.39 bits per heavy atom. The van der Waals surface area contributed by atoms with Crippen molar-refractivity contribution in [1.29, 1.82) is 5.26 Å². The molecule has 0 bridgehead atoms. The minimum absolute atomic E-state index is 0.0413. The topological polar surface area (TPSA) is 82.3 Å². The van der Waals surface area contributed by atoms with Crippen molar-refractivity contribution in [3.8, 4) is 17.6 Å². The highest BCUT2D eigenvalue weighted by atomic mass is 32.2. The lowest BCUT2D eigenvalue weighted by atomic mass is 9.87. The Labute approximate surface area is 139 Å². The van der Waals surface area contributed by atoms with Crippen LogP contribution in [0.5, 0.6) is 11.5 Å². The lowest BCUT2D eigenvalue weighted by Gasteiger charge is -2.25. The van der Waals surface area contributed by atoms with Gasteiger partial charge in [0.2, 0.25) is 5.91 Å². The summed E-state index contributed by atoms with van der Waals surface area (Å²) in [5.74, 6) is 0.522. The molecule has 0 radical (unpaired) electrons. The van der Waals surface area contributed by atoms with Crippen LogP contribution in [0.15, 0.2) is 41.5 Å². The summed E-state index contributed by atoms with van der Waals surface area (Å²) in [6, 6.07) is 7.14. The molecule has 1 amide bonds. The summed E-state index contributed by atoms with van der Waals surface area (Å²) in [7, 11) is 0. The first-order valence-corrected chi connectivity index (χ1v) is 8.22. The van der Waals surface area contributed by atoms with Crippen molar-refractivity contribution < 1.29 is 14.6 Å². The van der Waals surface area contributed by atoms with Crippen molar-refractivity contribution in [3.63, 3.8) is 0 Å². The van der Waals surface area contributed by atoms with E-state index in [0.717, 1.165) is 5.56 Å². The molecule has 1 aliphatic rings. The lowest BCUT2D eigenvalue weighted by molar-refractivity contribution is -0.120. The number of nitrogens with zero attached hydrogens (tertiary/aromatic N) is 1. The van der Waals surface area contributed by atoms with Crippen LogP contribution in [0.3, 0.4) is 0 Å². The first-order valence-electron chi connectivity index (χ1n) is 7.24. The number of carbonyl (C=O) groups excluding carboxylic acids is 1. The molecule has 0 aliphatic carbocycles. The fourth-order valence-corrected chi connectivity index (χ4v) is 3.19. The van der Waals surface area contributed by atoms with Crippen molar-refractivity contribution >= 4 is 17.7 Å². The van der Waals surface area contributed by atoms with E-state index in [1.165, 1.54) is 17.8 Å². The number of phenols is 1. The molecule has 0 fully saturated rings. The van der Waals surface area contributed by atoms with Crippen molar-refractivity contribution in [3.05, 3.63) is 47.0 Å². The highest BCUT2D eigenvalue weighted by molar-refractivity contribution is 8.03. The SMILES string of the molecule is C=CCSC1=C(C#N)[C@H](c2ccc(O)c(OCC)c2)CC(=O)N1. The number of phenolic OH excluding ortho intramolecular Hbond substituents is 1. The molecule has 0 spiro atoms. The molecule has 1 aromatic rings. The summed E-state index contributed by atoms with van der Waals surface area (Å²) in [6.45, 7) is 5.89. The van der Waals surface area contributed by atoms with Crippen LogP contribution in [0.25, 0.3) is 0 Å². The van der Waals surface area contributed by atoms with E-state index < -0.39 is 0 Å². The summed E-state index contributed by atoms with van der Waals surface area (Å²) in [5.41, 5.74) is 1.29. The molecule has 1 atom stereocenters. The zero-order valence-electron chi connectivity index (χ0n) is 12.8. The summed E-state index contributed by atoms with van der Waals surface area (Å²) >= 11 is 1.38. The molecule has 0 aromatic heterocycles. The number of ether oxygens (including phenoxy) is 1. The van der Waals surface area contributed by atoms with E-state index in [1.54, 1.807) is 18.2 Å². The number of allylic oxidation sites excluding steroid dienone is 1. The summed E-state index contributed by atoms with van der Waals surface area (Å²) in [4.78, 5) is 12.0. The second-order valence-corrected chi connectivity index (χ2v) is 5.95. The number of amides is 1. The lowest BCUT2D eigenvalue weighted by Crippen LogP contribution is -2.30. The van der Waals surface area contributed by atoms with Crippen LogP contribution >= 0.6 is 11.8 Å². The molecule has 2 N–H and O–H groups in total. The van der Waals surface area contributed by atoms with Gasteiger partial charge in [0.1, 0.15) is 0 Å². The van der Waals surface area contributed by atoms with Crippen LogP contribution in [-0.4, -0.2) is 23.4 Å². The van der Waals surface area contributed by atoms with Crippen LogP contribution in [0.2, 0.25) is 0 Å². The van der Waals surface area contributed by atoms with Gasteiger partial charge < -0.3 is 15.2 Å². The Morgan fingerprint density at radius 3 is 3.04 bits per heavy atom. The molecule has 1 heterocycles. The Morgan fingerprint density at radius 1 is 1.61 bits per heavy atom. The van der Waals surface area contributed by atoms with E-state index in [-0.39, 0.29) is 24.0 Å². The fraction of sp³-hybridized carbons (Fsp3) is 0.294. The smallest absolute Gasteiger partial charge is 0.225 e. The van der Waals surface area contributed by atoms with E-state index in [1.807, 2.05) is 6.92 Å².